The second-order valence-electron chi connectivity index (χ2n) is 8.12. The van der Waals surface area contributed by atoms with Crippen molar-refractivity contribution in [3.8, 4) is 11.4 Å². The van der Waals surface area contributed by atoms with Gasteiger partial charge >= 0.3 is 0 Å². The third kappa shape index (κ3) is 3.77. The number of hydrogen-bond acceptors (Lipinski definition) is 5. The van der Waals surface area contributed by atoms with Crippen LogP contribution in [0.15, 0.2) is 77.7 Å². The van der Waals surface area contributed by atoms with E-state index in [-0.39, 0.29) is 10.9 Å². The van der Waals surface area contributed by atoms with E-state index in [9.17, 15) is 8.42 Å². The van der Waals surface area contributed by atoms with E-state index < -0.39 is 10.0 Å². The predicted octanol–water partition coefficient (Wildman–Crippen LogP) is 4.60. The average molecular weight is 458 g/mol. The van der Waals surface area contributed by atoms with E-state index in [4.69, 9.17) is 0 Å². The third-order valence-electron chi connectivity index (χ3n) is 5.84. The maximum absolute atomic E-state index is 13.2. The van der Waals surface area contributed by atoms with Crippen LogP contribution in [0, 0.1) is 13.8 Å². The first kappa shape index (κ1) is 21.2. The smallest absolute Gasteiger partial charge is 0.207 e. The zero-order valence-corrected chi connectivity index (χ0v) is 19.3. The molecule has 8 heteroatoms. The number of nitrogens with zero attached hydrogens (tertiary/aromatic N) is 4. The highest BCUT2D eigenvalue weighted by molar-refractivity contribution is 7.89. The Morgan fingerprint density at radius 3 is 2.33 bits per heavy atom. The SMILES string of the molecule is Cc1ccc(S(=O)(=O)NC(C)c2ccccc2)cc1-c1nnc2c3ccccc3c(C)nn12. The van der Waals surface area contributed by atoms with E-state index in [1.165, 1.54) is 0 Å². The van der Waals surface area contributed by atoms with Crippen molar-refractivity contribution in [3.63, 3.8) is 0 Å². The van der Waals surface area contributed by atoms with Crippen LogP contribution >= 0.6 is 0 Å². The van der Waals surface area contributed by atoms with Gasteiger partial charge in [-0.3, -0.25) is 0 Å². The van der Waals surface area contributed by atoms with Gasteiger partial charge in [-0.1, -0.05) is 60.7 Å². The van der Waals surface area contributed by atoms with Crippen LogP contribution in [-0.2, 0) is 10.0 Å². The van der Waals surface area contributed by atoms with Gasteiger partial charge in [0.25, 0.3) is 0 Å². The second kappa shape index (κ2) is 8.06. The highest BCUT2D eigenvalue weighted by atomic mass is 32.2. The average Bonchev–Trinajstić information content (AvgIpc) is 3.23. The van der Waals surface area contributed by atoms with Gasteiger partial charge in [0.2, 0.25) is 10.0 Å². The lowest BCUT2D eigenvalue weighted by atomic mass is 10.1. The Balaban J connectivity index is 1.59. The van der Waals surface area contributed by atoms with E-state index in [0.29, 0.717) is 17.0 Å². The fourth-order valence-electron chi connectivity index (χ4n) is 4.03. The number of aryl methyl sites for hydroxylation is 2. The molecule has 0 fully saturated rings. The van der Waals surface area contributed by atoms with Crippen LogP contribution in [-0.4, -0.2) is 28.2 Å². The summed E-state index contributed by atoms with van der Waals surface area (Å²) in [7, 11) is -3.76. The van der Waals surface area contributed by atoms with E-state index in [2.05, 4.69) is 20.0 Å². The molecule has 0 aliphatic carbocycles. The lowest BCUT2D eigenvalue weighted by Gasteiger charge is -2.15. The summed E-state index contributed by atoms with van der Waals surface area (Å²) in [6.07, 6.45) is 0. The largest absolute Gasteiger partial charge is 0.241 e. The standard InChI is InChI=1S/C25H23N5O2S/c1-16-13-14-20(33(31,32)29-17(2)19-9-5-4-6-10-19)15-23(16)25-27-26-24-22-12-8-7-11-21(22)18(3)28-30(24)25/h4-15,17,29H,1-3H3. The summed E-state index contributed by atoms with van der Waals surface area (Å²) < 4.78 is 30.8. The molecule has 1 unspecified atom stereocenters. The molecular weight excluding hydrogens is 434 g/mol. The summed E-state index contributed by atoms with van der Waals surface area (Å²) in [5.74, 6) is 0.504. The van der Waals surface area contributed by atoms with E-state index in [0.717, 1.165) is 27.6 Å². The van der Waals surface area contributed by atoms with Crippen molar-refractivity contribution < 1.29 is 8.42 Å². The molecule has 0 bridgehead atoms. The van der Waals surface area contributed by atoms with Crippen molar-refractivity contribution in [1.29, 1.82) is 0 Å². The van der Waals surface area contributed by atoms with Crippen molar-refractivity contribution in [2.75, 3.05) is 0 Å². The summed E-state index contributed by atoms with van der Waals surface area (Å²) >= 11 is 0. The molecule has 5 rings (SSSR count). The van der Waals surface area contributed by atoms with Crippen LogP contribution in [0.5, 0.6) is 0 Å². The fraction of sp³-hybridized carbons (Fsp3) is 0.160. The van der Waals surface area contributed by atoms with Crippen LogP contribution in [0.4, 0.5) is 0 Å². The van der Waals surface area contributed by atoms with Crippen molar-refractivity contribution in [2.24, 2.45) is 0 Å². The zero-order valence-electron chi connectivity index (χ0n) is 18.5. The summed E-state index contributed by atoms with van der Waals surface area (Å²) in [5.41, 5.74) is 3.92. The lowest BCUT2D eigenvalue weighted by molar-refractivity contribution is 0.567. The van der Waals surface area contributed by atoms with Crippen molar-refractivity contribution >= 4 is 26.4 Å². The minimum Gasteiger partial charge on any atom is -0.207 e. The number of rotatable bonds is 5. The molecule has 33 heavy (non-hydrogen) atoms. The highest BCUT2D eigenvalue weighted by Crippen LogP contribution is 2.28. The quantitative estimate of drug-likeness (QED) is 0.417. The van der Waals surface area contributed by atoms with Gasteiger partial charge in [0.05, 0.1) is 10.6 Å². The Bertz CT molecular complexity index is 1590. The zero-order chi connectivity index (χ0) is 23.2. The number of hydrogen-bond donors (Lipinski definition) is 1. The van der Waals surface area contributed by atoms with Crippen molar-refractivity contribution in [3.05, 3.63) is 89.6 Å². The predicted molar refractivity (Wildman–Crippen MR) is 128 cm³/mol. The van der Waals surface area contributed by atoms with E-state index in [1.807, 2.05) is 75.4 Å². The summed E-state index contributed by atoms with van der Waals surface area (Å²) in [4.78, 5) is 0.167. The molecule has 0 aliphatic rings. The summed E-state index contributed by atoms with van der Waals surface area (Å²) in [6, 6.07) is 22.0. The molecule has 5 aromatic rings. The van der Waals surface area contributed by atoms with Crippen molar-refractivity contribution in [1.82, 2.24) is 24.5 Å². The number of benzene rings is 3. The summed E-state index contributed by atoms with van der Waals surface area (Å²) in [5, 5.41) is 15.4. The van der Waals surface area contributed by atoms with Crippen molar-refractivity contribution in [2.45, 2.75) is 31.7 Å². The number of nitrogens with one attached hydrogen (secondary N) is 1. The topological polar surface area (TPSA) is 89.2 Å². The highest BCUT2D eigenvalue weighted by Gasteiger charge is 2.22. The lowest BCUT2D eigenvalue weighted by Crippen LogP contribution is -2.27. The Labute approximate surface area is 192 Å². The van der Waals surface area contributed by atoms with Gasteiger partial charge in [-0.15, -0.1) is 10.2 Å². The normalized spacial score (nSPS) is 12.9. The van der Waals surface area contributed by atoms with Gasteiger partial charge in [0, 0.05) is 22.4 Å². The van der Waals surface area contributed by atoms with E-state index in [1.54, 1.807) is 22.7 Å². The maximum atomic E-state index is 13.2. The first-order chi connectivity index (χ1) is 15.8. The molecule has 1 atom stereocenters. The van der Waals surface area contributed by atoms with Crippen LogP contribution in [0.25, 0.3) is 27.8 Å². The number of aromatic nitrogens is 4. The number of sulfonamides is 1. The van der Waals surface area contributed by atoms with Crippen LogP contribution < -0.4 is 4.72 Å². The van der Waals surface area contributed by atoms with Gasteiger partial charge < -0.3 is 0 Å². The number of fused-ring (bicyclic) bond motifs is 3. The molecule has 0 saturated carbocycles. The molecule has 166 valence electrons. The third-order valence-corrected chi connectivity index (χ3v) is 7.38. The van der Waals surface area contributed by atoms with Gasteiger partial charge in [-0.2, -0.15) is 9.61 Å². The monoisotopic (exact) mass is 457 g/mol. The Kier molecular flexibility index (Phi) is 5.19. The van der Waals surface area contributed by atoms with Crippen LogP contribution in [0.3, 0.4) is 0 Å². The second-order valence-corrected chi connectivity index (χ2v) is 9.83. The van der Waals surface area contributed by atoms with Gasteiger partial charge in [-0.05, 0) is 44.0 Å². The molecule has 2 aromatic heterocycles. The molecular formula is C25H23N5O2S. The summed E-state index contributed by atoms with van der Waals surface area (Å²) in [6.45, 7) is 5.68. The molecule has 0 radical (unpaired) electrons. The molecule has 0 amide bonds. The van der Waals surface area contributed by atoms with Crippen LogP contribution in [0.2, 0.25) is 0 Å². The van der Waals surface area contributed by atoms with Gasteiger partial charge in [0.1, 0.15) is 0 Å². The Morgan fingerprint density at radius 1 is 0.879 bits per heavy atom. The molecule has 0 saturated heterocycles. The van der Waals surface area contributed by atoms with Gasteiger partial charge in [-0.25, -0.2) is 13.1 Å². The Hall–Kier alpha value is -3.62. The Morgan fingerprint density at radius 2 is 1.58 bits per heavy atom. The molecule has 0 aliphatic heterocycles. The van der Waals surface area contributed by atoms with E-state index >= 15 is 0 Å². The molecule has 1 N–H and O–H groups in total. The first-order valence-electron chi connectivity index (χ1n) is 10.6. The molecule has 3 aromatic carbocycles. The van der Waals surface area contributed by atoms with Crippen LogP contribution in [0.1, 0.15) is 29.8 Å². The minimum absolute atomic E-state index is 0.167. The minimum atomic E-state index is -3.76. The maximum Gasteiger partial charge on any atom is 0.241 e. The fourth-order valence-corrected chi connectivity index (χ4v) is 5.29. The molecule has 0 spiro atoms. The molecule has 7 nitrogen and oxygen atoms in total. The molecule has 2 heterocycles. The van der Waals surface area contributed by atoms with Gasteiger partial charge in [0.15, 0.2) is 11.5 Å². The first-order valence-corrected chi connectivity index (χ1v) is 12.1.